The van der Waals surface area contributed by atoms with Gasteiger partial charge in [-0.1, -0.05) is 176 Å². The van der Waals surface area contributed by atoms with E-state index in [4.69, 9.17) is 4.42 Å². The van der Waals surface area contributed by atoms with Gasteiger partial charge in [0.05, 0.1) is 16.8 Å². The summed E-state index contributed by atoms with van der Waals surface area (Å²) in [5.41, 5.74) is 19.9. The summed E-state index contributed by atoms with van der Waals surface area (Å²) < 4.78 is 6.57. The van der Waals surface area contributed by atoms with E-state index in [1.165, 1.54) is 66.8 Å². The molecule has 11 aromatic rings. The molecule has 0 atom stereocenters. The molecule has 2 heteroatoms. The molecule has 0 saturated heterocycles. The highest BCUT2D eigenvalue weighted by atomic mass is 16.3. The van der Waals surface area contributed by atoms with Crippen molar-refractivity contribution in [1.29, 1.82) is 0 Å². The van der Waals surface area contributed by atoms with E-state index in [0.717, 1.165) is 49.8 Å². The van der Waals surface area contributed by atoms with Gasteiger partial charge in [0.25, 0.3) is 0 Å². The van der Waals surface area contributed by atoms with Crippen molar-refractivity contribution in [2.75, 3.05) is 4.90 Å². The summed E-state index contributed by atoms with van der Waals surface area (Å²) in [5, 5.41) is 4.57. The van der Waals surface area contributed by atoms with Crippen LogP contribution in [0.1, 0.15) is 22.3 Å². The van der Waals surface area contributed by atoms with Crippen molar-refractivity contribution in [3.05, 3.63) is 247 Å². The molecule has 61 heavy (non-hydrogen) atoms. The summed E-state index contributed by atoms with van der Waals surface area (Å²) in [7, 11) is 0. The number of nitrogens with zero attached hydrogens (tertiary/aromatic N) is 1. The van der Waals surface area contributed by atoms with Crippen LogP contribution in [0.3, 0.4) is 0 Å². The highest BCUT2D eigenvalue weighted by Gasteiger charge is 2.52. The van der Waals surface area contributed by atoms with Crippen LogP contribution < -0.4 is 4.90 Å². The predicted molar refractivity (Wildman–Crippen MR) is 253 cm³/mol. The standard InChI is InChI=1S/C59H37NO/c1-3-15-38(16-4-1)40-29-32-42(33-30-40)60(53-27-13-22-46-45(53)34-36-56-57(46)48-37-41(31-35-55(48)61-56)39-17-5-2-6-18-39)54-28-14-26-52-58(54)47-21-9-12-25-51(47)59(52)49-23-10-7-19-43(49)44-20-8-11-24-50(44)59/h1-37H. The summed E-state index contributed by atoms with van der Waals surface area (Å²) in [4.78, 5) is 2.50. The van der Waals surface area contributed by atoms with E-state index in [0.29, 0.717) is 0 Å². The van der Waals surface area contributed by atoms with E-state index >= 15 is 0 Å². The first kappa shape index (κ1) is 34.0. The smallest absolute Gasteiger partial charge is 0.136 e. The fourth-order valence-corrected chi connectivity index (χ4v) is 10.8. The molecular weight excluding hydrogens is 739 g/mol. The van der Waals surface area contributed by atoms with Crippen LogP contribution in [-0.4, -0.2) is 0 Å². The molecule has 13 rings (SSSR count). The number of benzene rings is 10. The maximum atomic E-state index is 6.57. The monoisotopic (exact) mass is 775 g/mol. The molecule has 1 spiro atoms. The van der Waals surface area contributed by atoms with E-state index in [9.17, 15) is 0 Å². The van der Waals surface area contributed by atoms with Crippen molar-refractivity contribution in [1.82, 2.24) is 0 Å². The van der Waals surface area contributed by atoms with Crippen LogP contribution in [0.15, 0.2) is 229 Å². The second kappa shape index (κ2) is 13.0. The van der Waals surface area contributed by atoms with Crippen molar-refractivity contribution < 1.29 is 4.42 Å². The van der Waals surface area contributed by atoms with Gasteiger partial charge in [-0.25, -0.2) is 0 Å². The van der Waals surface area contributed by atoms with Gasteiger partial charge in [0.15, 0.2) is 0 Å². The lowest BCUT2D eigenvalue weighted by Crippen LogP contribution is -2.26. The van der Waals surface area contributed by atoms with Crippen LogP contribution >= 0.6 is 0 Å². The Bertz CT molecular complexity index is 3480. The van der Waals surface area contributed by atoms with Crippen molar-refractivity contribution in [3.8, 4) is 44.5 Å². The quantitative estimate of drug-likeness (QED) is 0.173. The van der Waals surface area contributed by atoms with Crippen LogP contribution in [0.4, 0.5) is 17.1 Å². The Labute approximate surface area is 354 Å². The van der Waals surface area contributed by atoms with Gasteiger partial charge in [-0.15, -0.1) is 0 Å². The lowest BCUT2D eigenvalue weighted by molar-refractivity contribution is 0.669. The third-order valence-electron chi connectivity index (χ3n) is 13.3. The molecule has 0 radical (unpaired) electrons. The van der Waals surface area contributed by atoms with Gasteiger partial charge in [0.1, 0.15) is 11.2 Å². The Morgan fingerprint density at radius 3 is 1.56 bits per heavy atom. The van der Waals surface area contributed by atoms with Gasteiger partial charge in [-0.2, -0.15) is 0 Å². The largest absolute Gasteiger partial charge is 0.456 e. The van der Waals surface area contributed by atoms with Gasteiger partial charge >= 0.3 is 0 Å². The number of furan rings is 1. The minimum Gasteiger partial charge on any atom is -0.456 e. The summed E-state index contributed by atoms with van der Waals surface area (Å²) in [6.45, 7) is 0. The van der Waals surface area contributed by atoms with Gasteiger partial charge in [0, 0.05) is 27.4 Å². The Kier molecular flexibility index (Phi) is 7.26. The van der Waals surface area contributed by atoms with Crippen LogP contribution in [0, 0.1) is 0 Å². The summed E-state index contributed by atoms with van der Waals surface area (Å²) in [6.07, 6.45) is 0. The lowest BCUT2D eigenvalue weighted by Gasteiger charge is -2.32. The zero-order valence-corrected chi connectivity index (χ0v) is 33.2. The molecule has 0 N–H and O–H groups in total. The molecular formula is C59H37NO. The molecule has 0 bridgehead atoms. The van der Waals surface area contributed by atoms with Crippen LogP contribution in [0.2, 0.25) is 0 Å². The SMILES string of the molecule is c1ccc(-c2ccc(N(c3cccc4c3-c3ccccc3C43c4ccccc4-c4ccccc43)c3cccc4c3ccc3oc5ccc(-c6ccccc6)cc5c34)cc2)cc1. The van der Waals surface area contributed by atoms with E-state index in [1.54, 1.807) is 0 Å². The molecule has 2 nitrogen and oxygen atoms in total. The number of hydrogen-bond donors (Lipinski definition) is 0. The van der Waals surface area contributed by atoms with Crippen molar-refractivity contribution in [3.63, 3.8) is 0 Å². The van der Waals surface area contributed by atoms with Gasteiger partial charge in [-0.3, -0.25) is 0 Å². The Morgan fingerprint density at radius 1 is 0.328 bits per heavy atom. The summed E-state index contributed by atoms with van der Waals surface area (Å²) >= 11 is 0. The molecule has 1 aromatic heterocycles. The topological polar surface area (TPSA) is 16.4 Å². The minimum atomic E-state index is -0.449. The fraction of sp³-hybridized carbons (Fsp3) is 0.0169. The number of fused-ring (bicyclic) bond motifs is 15. The van der Waals surface area contributed by atoms with Crippen LogP contribution in [0.5, 0.6) is 0 Å². The average Bonchev–Trinajstić information content (AvgIpc) is 3.97. The fourth-order valence-electron chi connectivity index (χ4n) is 10.8. The van der Waals surface area contributed by atoms with Crippen molar-refractivity contribution in [2.45, 2.75) is 5.41 Å². The molecule has 284 valence electrons. The molecule has 0 unspecified atom stereocenters. The van der Waals surface area contributed by atoms with Gasteiger partial charge in [-0.05, 0) is 115 Å². The molecule has 0 fully saturated rings. The molecule has 1 heterocycles. The summed E-state index contributed by atoms with van der Waals surface area (Å²) in [5.74, 6) is 0. The van der Waals surface area contributed by atoms with Crippen LogP contribution in [0.25, 0.3) is 77.2 Å². The normalized spacial score (nSPS) is 13.0. The Balaban J connectivity index is 1.09. The number of rotatable bonds is 5. The van der Waals surface area contributed by atoms with Gasteiger partial charge < -0.3 is 9.32 Å². The second-order valence-electron chi connectivity index (χ2n) is 16.3. The zero-order valence-electron chi connectivity index (χ0n) is 33.2. The lowest BCUT2D eigenvalue weighted by atomic mass is 9.70. The average molecular weight is 776 g/mol. The number of anilines is 3. The van der Waals surface area contributed by atoms with E-state index in [2.05, 4.69) is 229 Å². The molecule has 10 aromatic carbocycles. The van der Waals surface area contributed by atoms with E-state index < -0.39 is 5.41 Å². The molecule has 2 aliphatic carbocycles. The van der Waals surface area contributed by atoms with E-state index in [1.807, 2.05) is 0 Å². The van der Waals surface area contributed by atoms with Crippen molar-refractivity contribution >= 4 is 49.8 Å². The first-order valence-corrected chi connectivity index (χ1v) is 21.1. The van der Waals surface area contributed by atoms with Crippen molar-refractivity contribution in [2.24, 2.45) is 0 Å². The van der Waals surface area contributed by atoms with Gasteiger partial charge in [0.2, 0.25) is 0 Å². The molecule has 2 aliphatic rings. The molecule has 0 aliphatic heterocycles. The molecule has 0 saturated carbocycles. The third-order valence-corrected chi connectivity index (χ3v) is 13.3. The zero-order chi connectivity index (χ0) is 40.1. The maximum Gasteiger partial charge on any atom is 0.136 e. The first-order chi connectivity index (χ1) is 30.3. The molecule has 0 amide bonds. The second-order valence-corrected chi connectivity index (χ2v) is 16.3. The highest BCUT2D eigenvalue weighted by molar-refractivity contribution is 6.22. The summed E-state index contributed by atoms with van der Waals surface area (Å²) in [6, 6.07) is 82.2. The number of hydrogen-bond acceptors (Lipinski definition) is 2. The van der Waals surface area contributed by atoms with E-state index in [-0.39, 0.29) is 0 Å². The minimum absolute atomic E-state index is 0.449. The highest BCUT2D eigenvalue weighted by Crippen LogP contribution is 2.64. The Morgan fingerprint density at radius 2 is 0.852 bits per heavy atom. The predicted octanol–water partition coefficient (Wildman–Crippen LogP) is 15.9. The first-order valence-electron chi connectivity index (χ1n) is 21.1. The maximum absolute atomic E-state index is 6.57. The Hall–Kier alpha value is -7.94. The van der Waals surface area contributed by atoms with Crippen LogP contribution in [-0.2, 0) is 5.41 Å². The third kappa shape index (κ3) is 4.79.